The van der Waals surface area contributed by atoms with E-state index in [0.717, 1.165) is 38.2 Å². The predicted molar refractivity (Wildman–Crippen MR) is 95.2 cm³/mol. The van der Waals surface area contributed by atoms with Crippen molar-refractivity contribution in [2.45, 2.75) is 89.4 Å². The van der Waals surface area contributed by atoms with E-state index in [4.69, 9.17) is 4.42 Å². The van der Waals surface area contributed by atoms with Crippen LogP contribution < -0.4 is 0 Å². The van der Waals surface area contributed by atoms with Gasteiger partial charge in [0.25, 0.3) is 0 Å². The van der Waals surface area contributed by atoms with Gasteiger partial charge in [0.15, 0.2) is 0 Å². The molecule has 0 unspecified atom stereocenters. The molecule has 138 valence electrons. The zero-order valence-corrected chi connectivity index (χ0v) is 15.3. The molecule has 1 saturated heterocycles. The molecule has 3 aliphatic rings. The number of carbonyl (C=O) groups is 1. The van der Waals surface area contributed by atoms with Crippen molar-refractivity contribution in [2.75, 3.05) is 13.1 Å². The second kappa shape index (κ2) is 7.46. The quantitative estimate of drug-likeness (QED) is 0.819. The SMILES string of the molecule is O=C(CCc1nnc(C2CCCC2)o1)N1CCCC2(CCCCC2)C1. The molecular formula is C20H31N3O2. The molecule has 2 aliphatic carbocycles. The molecule has 0 aromatic carbocycles. The summed E-state index contributed by atoms with van der Waals surface area (Å²) in [5.74, 6) is 2.15. The average molecular weight is 345 g/mol. The normalized spacial score (nSPS) is 24.1. The number of aryl methyl sites for hydroxylation is 1. The van der Waals surface area contributed by atoms with E-state index < -0.39 is 0 Å². The fraction of sp³-hybridized carbons (Fsp3) is 0.850. The fourth-order valence-corrected chi connectivity index (χ4v) is 5.21. The maximum absolute atomic E-state index is 12.7. The van der Waals surface area contributed by atoms with Gasteiger partial charge >= 0.3 is 0 Å². The topological polar surface area (TPSA) is 59.2 Å². The number of hydrogen-bond acceptors (Lipinski definition) is 4. The van der Waals surface area contributed by atoms with Gasteiger partial charge in [0.2, 0.25) is 17.7 Å². The number of amides is 1. The Balaban J connectivity index is 1.29. The van der Waals surface area contributed by atoms with Gasteiger partial charge in [-0.05, 0) is 43.9 Å². The molecule has 5 heteroatoms. The van der Waals surface area contributed by atoms with Crippen LogP contribution in [-0.4, -0.2) is 34.1 Å². The first-order chi connectivity index (χ1) is 12.2. The summed E-state index contributed by atoms with van der Waals surface area (Å²) in [4.78, 5) is 14.8. The number of hydrogen-bond donors (Lipinski definition) is 0. The summed E-state index contributed by atoms with van der Waals surface area (Å²) in [6.45, 7) is 1.90. The molecule has 0 atom stereocenters. The number of carbonyl (C=O) groups excluding carboxylic acids is 1. The van der Waals surface area contributed by atoms with Gasteiger partial charge in [-0.15, -0.1) is 10.2 Å². The monoisotopic (exact) mass is 345 g/mol. The third-order valence-corrected chi connectivity index (χ3v) is 6.67. The highest BCUT2D eigenvalue weighted by Crippen LogP contribution is 2.43. The van der Waals surface area contributed by atoms with Crippen LogP contribution in [0, 0.1) is 5.41 Å². The minimum absolute atomic E-state index is 0.269. The molecule has 1 aromatic rings. The summed E-state index contributed by atoms with van der Waals surface area (Å²) in [6.07, 6.45) is 15.1. The molecule has 1 aliphatic heterocycles. The Bertz CT molecular complexity index is 580. The van der Waals surface area contributed by atoms with E-state index in [-0.39, 0.29) is 5.91 Å². The zero-order valence-electron chi connectivity index (χ0n) is 15.3. The van der Waals surface area contributed by atoms with Crippen LogP contribution in [0.3, 0.4) is 0 Å². The summed E-state index contributed by atoms with van der Waals surface area (Å²) in [5.41, 5.74) is 0.423. The lowest BCUT2D eigenvalue weighted by Gasteiger charge is -2.45. The van der Waals surface area contributed by atoms with Crippen LogP contribution in [0.1, 0.15) is 94.7 Å². The van der Waals surface area contributed by atoms with Crippen molar-refractivity contribution in [3.05, 3.63) is 11.8 Å². The number of aromatic nitrogens is 2. The van der Waals surface area contributed by atoms with Gasteiger partial charge < -0.3 is 9.32 Å². The summed E-state index contributed by atoms with van der Waals surface area (Å²) in [7, 11) is 0. The number of nitrogens with zero attached hydrogens (tertiary/aromatic N) is 3. The first-order valence-electron chi connectivity index (χ1n) is 10.3. The van der Waals surface area contributed by atoms with Crippen LogP contribution in [-0.2, 0) is 11.2 Å². The van der Waals surface area contributed by atoms with Crippen LogP contribution in [0.25, 0.3) is 0 Å². The number of piperidine rings is 1. The van der Waals surface area contributed by atoms with E-state index in [1.54, 1.807) is 0 Å². The summed E-state index contributed by atoms with van der Waals surface area (Å²) >= 11 is 0. The van der Waals surface area contributed by atoms with E-state index in [0.29, 0.717) is 30.1 Å². The number of likely N-dealkylation sites (tertiary alicyclic amines) is 1. The molecule has 5 nitrogen and oxygen atoms in total. The van der Waals surface area contributed by atoms with E-state index in [9.17, 15) is 4.79 Å². The van der Waals surface area contributed by atoms with Crippen LogP contribution in [0.4, 0.5) is 0 Å². The molecule has 0 radical (unpaired) electrons. The lowest BCUT2D eigenvalue weighted by molar-refractivity contribution is -0.135. The lowest BCUT2D eigenvalue weighted by atomic mass is 9.69. The Morgan fingerprint density at radius 1 is 1.04 bits per heavy atom. The molecule has 3 fully saturated rings. The maximum atomic E-state index is 12.7. The largest absolute Gasteiger partial charge is 0.425 e. The Morgan fingerprint density at radius 2 is 1.80 bits per heavy atom. The molecule has 0 bridgehead atoms. The molecular weight excluding hydrogens is 314 g/mol. The Labute approximate surface area is 150 Å². The number of rotatable bonds is 4. The zero-order chi connectivity index (χ0) is 17.1. The van der Waals surface area contributed by atoms with Gasteiger partial charge in [-0.2, -0.15) is 0 Å². The molecule has 25 heavy (non-hydrogen) atoms. The van der Waals surface area contributed by atoms with E-state index >= 15 is 0 Å². The minimum atomic E-state index is 0.269. The Hall–Kier alpha value is -1.39. The summed E-state index contributed by atoms with van der Waals surface area (Å²) in [6, 6.07) is 0. The van der Waals surface area contributed by atoms with Crippen LogP contribution in [0.2, 0.25) is 0 Å². The molecule has 2 saturated carbocycles. The standard InChI is InChI=1S/C20H31N3O2/c24-18(23-14-6-13-20(15-23)11-4-1-5-12-20)10-9-17-21-22-19(25-17)16-7-2-3-8-16/h16H,1-15H2. The average Bonchev–Trinajstić information content (AvgIpc) is 3.32. The smallest absolute Gasteiger partial charge is 0.223 e. The fourth-order valence-electron chi connectivity index (χ4n) is 5.21. The van der Waals surface area contributed by atoms with Crippen molar-refractivity contribution in [2.24, 2.45) is 5.41 Å². The second-order valence-electron chi connectivity index (χ2n) is 8.49. The van der Waals surface area contributed by atoms with Crippen molar-refractivity contribution in [1.82, 2.24) is 15.1 Å². The van der Waals surface area contributed by atoms with Crippen LogP contribution in [0.15, 0.2) is 4.42 Å². The van der Waals surface area contributed by atoms with Gasteiger partial charge in [0, 0.05) is 31.8 Å². The van der Waals surface area contributed by atoms with Crippen molar-refractivity contribution in [3.8, 4) is 0 Å². The molecule has 1 aromatic heterocycles. The third kappa shape index (κ3) is 3.90. The van der Waals surface area contributed by atoms with Gasteiger partial charge in [-0.3, -0.25) is 4.79 Å². The predicted octanol–water partition coefficient (Wildman–Crippen LogP) is 4.23. The highest BCUT2D eigenvalue weighted by atomic mass is 16.4. The molecule has 2 heterocycles. The molecule has 0 N–H and O–H groups in total. The lowest BCUT2D eigenvalue weighted by Crippen LogP contribution is -2.47. The van der Waals surface area contributed by atoms with Crippen LogP contribution in [0.5, 0.6) is 0 Å². The van der Waals surface area contributed by atoms with E-state index in [1.807, 2.05) is 0 Å². The van der Waals surface area contributed by atoms with Crippen molar-refractivity contribution in [3.63, 3.8) is 0 Å². The van der Waals surface area contributed by atoms with Crippen molar-refractivity contribution in [1.29, 1.82) is 0 Å². The Kier molecular flexibility index (Phi) is 5.09. The molecule has 1 spiro atoms. The van der Waals surface area contributed by atoms with Crippen molar-refractivity contribution < 1.29 is 9.21 Å². The minimum Gasteiger partial charge on any atom is -0.425 e. The van der Waals surface area contributed by atoms with E-state index in [2.05, 4.69) is 15.1 Å². The first-order valence-corrected chi connectivity index (χ1v) is 10.3. The highest BCUT2D eigenvalue weighted by molar-refractivity contribution is 5.76. The first kappa shape index (κ1) is 17.0. The highest BCUT2D eigenvalue weighted by Gasteiger charge is 2.37. The van der Waals surface area contributed by atoms with Crippen molar-refractivity contribution >= 4 is 5.91 Å². The second-order valence-corrected chi connectivity index (χ2v) is 8.49. The van der Waals surface area contributed by atoms with Gasteiger partial charge in [-0.25, -0.2) is 0 Å². The maximum Gasteiger partial charge on any atom is 0.223 e. The third-order valence-electron chi connectivity index (χ3n) is 6.67. The van der Waals surface area contributed by atoms with Gasteiger partial charge in [0.1, 0.15) is 0 Å². The Morgan fingerprint density at radius 3 is 2.60 bits per heavy atom. The summed E-state index contributed by atoms with van der Waals surface area (Å²) < 4.78 is 5.82. The van der Waals surface area contributed by atoms with Gasteiger partial charge in [-0.1, -0.05) is 32.1 Å². The summed E-state index contributed by atoms with van der Waals surface area (Å²) in [5, 5.41) is 8.39. The van der Waals surface area contributed by atoms with E-state index in [1.165, 1.54) is 51.4 Å². The molecule has 1 amide bonds. The molecule has 4 rings (SSSR count). The van der Waals surface area contributed by atoms with Gasteiger partial charge in [0.05, 0.1) is 0 Å². The van der Waals surface area contributed by atoms with Crippen LogP contribution >= 0.6 is 0 Å².